The molecule has 1 saturated carbocycles. The number of benzene rings is 1. The Bertz CT molecular complexity index is 786. The fourth-order valence-electron chi connectivity index (χ4n) is 3.79. The average molecular weight is 483 g/mol. The highest BCUT2D eigenvalue weighted by Crippen LogP contribution is 2.42. The van der Waals surface area contributed by atoms with E-state index in [1.165, 1.54) is 0 Å². The molecular formula is C21H27BrN2O4S. The summed E-state index contributed by atoms with van der Waals surface area (Å²) in [6.45, 7) is 0.996. The molecule has 2 unspecified atom stereocenters. The number of halogens is 1. The number of nitrogens with one attached hydrogen (secondary N) is 1. The number of amides is 2. The van der Waals surface area contributed by atoms with Gasteiger partial charge in [0.15, 0.2) is 0 Å². The van der Waals surface area contributed by atoms with Crippen LogP contribution >= 0.6 is 27.7 Å². The first-order valence-corrected chi connectivity index (χ1v) is 11.5. The summed E-state index contributed by atoms with van der Waals surface area (Å²) in [6.07, 6.45) is 6.20. The molecule has 1 aliphatic carbocycles. The van der Waals surface area contributed by atoms with E-state index >= 15 is 0 Å². The first-order valence-electron chi connectivity index (χ1n) is 9.82. The van der Waals surface area contributed by atoms with Gasteiger partial charge in [-0.1, -0.05) is 18.9 Å². The highest BCUT2D eigenvalue weighted by molar-refractivity contribution is 9.10. The minimum atomic E-state index is -0.141. The van der Waals surface area contributed by atoms with Crippen LogP contribution in [0.3, 0.4) is 0 Å². The van der Waals surface area contributed by atoms with E-state index in [2.05, 4.69) is 21.2 Å². The van der Waals surface area contributed by atoms with Crippen LogP contribution in [0.2, 0.25) is 0 Å². The lowest BCUT2D eigenvalue weighted by atomic mass is 9.93. The van der Waals surface area contributed by atoms with E-state index in [-0.39, 0.29) is 24.4 Å². The predicted octanol–water partition coefficient (Wildman–Crippen LogP) is 3.45. The highest BCUT2D eigenvalue weighted by atomic mass is 79.9. The van der Waals surface area contributed by atoms with Gasteiger partial charge in [-0.2, -0.15) is 0 Å². The normalized spacial score (nSPS) is 23.1. The molecule has 2 amide bonds. The summed E-state index contributed by atoms with van der Waals surface area (Å²) < 4.78 is 11.1. The fraction of sp³-hybridized carbons (Fsp3) is 0.524. The molecule has 29 heavy (non-hydrogen) atoms. The van der Waals surface area contributed by atoms with Crippen molar-refractivity contribution in [2.75, 3.05) is 33.9 Å². The average Bonchev–Trinajstić information content (AvgIpc) is 2.71. The maximum Gasteiger partial charge on any atom is 0.261 e. The standard InChI is InChI=1S/C21H27BrN2O4S/c1-27-10-9-23-20(25)13-24-16-5-3-4-6-18(16)29-19(21(24)26)12-14-7-8-17(28-2)15(22)11-14/h7-8,11-12,16,18H,3-6,9-10,13H2,1-2H3,(H,23,25)/b19-12+. The number of ether oxygens (including phenoxy) is 2. The van der Waals surface area contributed by atoms with Crippen LogP contribution in [0.1, 0.15) is 31.2 Å². The van der Waals surface area contributed by atoms with E-state index in [9.17, 15) is 9.59 Å². The topological polar surface area (TPSA) is 67.9 Å². The third kappa shape index (κ3) is 5.55. The van der Waals surface area contributed by atoms with Crippen molar-refractivity contribution in [2.24, 2.45) is 0 Å². The third-order valence-corrected chi connectivity index (χ3v) is 7.25. The van der Waals surface area contributed by atoms with Gasteiger partial charge < -0.3 is 19.7 Å². The highest BCUT2D eigenvalue weighted by Gasteiger charge is 2.41. The summed E-state index contributed by atoms with van der Waals surface area (Å²) in [5.41, 5.74) is 0.923. The van der Waals surface area contributed by atoms with Gasteiger partial charge in [0, 0.05) is 24.9 Å². The first kappa shape index (κ1) is 22.2. The second-order valence-electron chi connectivity index (χ2n) is 7.19. The van der Waals surface area contributed by atoms with Crippen molar-refractivity contribution in [3.63, 3.8) is 0 Å². The second-order valence-corrected chi connectivity index (χ2v) is 9.32. The minimum Gasteiger partial charge on any atom is -0.496 e. The molecule has 0 spiro atoms. The van der Waals surface area contributed by atoms with Crippen LogP contribution in [0.15, 0.2) is 27.6 Å². The SMILES string of the molecule is COCCNC(=O)CN1C(=O)/C(=C\c2ccc(OC)c(Br)c2)SC2CCCCC21. The lowest BCUT2D eigenvalue weighted by Gasteiger charge is -2.43. The molecule has 8 heteroatoms. The number of thioether (sulfide) groups is 1. The molecule has 0 aromatic heterocycles. The van der Waals surface area contributed by atoms with Gasteiger partial charge in [0.2, 0.25) is 5.91 Å². The van der Waals surface area contributed by atoms with Gasteiger partial charge in [0.05, 0.1) is 23.1 Å². The number of fused-ring (bicyclic) bond motifs is 1. The van der Waals surface area contributed by atoms with E-state index in [1.54, 1.807) is 30.9 Å². The number of carbonyl (C=O) groups is 2. The Kier molecular flexibility index (Phi) is 8.03. The zero-order chi connectivity index (χ0) is 20.8. The van der Waals surface area contributed by atoms with Crippen LogP contribution in [-0.2, 0) is 14.3 Å². The summed E-state index contributed by atoms with van der Waals surface area (Å²) in [4.78, 5) is 28.1. The number of rotatable bonds is 7. The van der Waals surface area contributed by atoms with E-state index in [4.69, 9.17) is 9.47 Å². The zero-order valence-electron chi connectivity index (χ0n) is 16.8. The van der Waals surface area contributed by atoms with Gasteiger partial charge in [0.1, 0.15) is 12.3 Å². The smallest absolute Gasteiger partial charge is 0.261 e. The Morgan fingerprint density at radius 3 is 2.86 bits per heavy atom. The molecule has 2 atom stereocenters. The van der Waals surface area contributed by atoms with Crippen LogP contribution in [0, 0.1) is 0 Å². The Morgan fingerprint density at radius 2 is 2.14 bits per heavy atom. The molecule has 3 rings (SSSR count). The molecule has 0 radical (unpaired) electrons. The van der Waals surface area contributed by atoms with Crippen molar-refractivity contribution in [1.29, 1.82) is 0 Å². The van der Waals surface area contributed by atoms with Crippen molar-refractivity contribution in [1.82, 2.24) is 10.2 Å². The van der Waals surface area contributed by atoms with Crippen molar-refractivity contribution in [2.45, 2.75) is 37.0 Å². The lowest BCUT2D eigenvalue weighted by Crippen LogP contribution is -2.54. The van der Waals surface area contributed by atoms with Crippen molar-refractivity contribution in [3.8, 4) is 5.75 Å². The van der Waals surface area contributed by atoms with Gasteiger partial charge >= 0.3 is 0 Å². The third-order valence-electron chi connectivity index (χ3n) is 5.23. The summed E-state index contributed by atoms with van der Waals surface area (Å²) >= 11 is 5.16. The van der Waals surface area contributed by atoms with Crippen molar-refractivity contribution >= 4 is 45.6 Å². The predicted molar refractivity (Wildman–Crippen MR) is 119 cm³/mol. The summed E-state index contributed by atoms with van der Waals surface area (Å²) in [5, 5.41) is 3.16. The number of methoxy groups -OCH3 is 2. The lowest BCUT2D eigenvalue weighted by molar-refractivity contribution is -0.135. The summed E-state index contributed by atoms with van der Waals surface area (Å²) in [6, 6.07) is 5.86. The molecular weight excluding hydrogens is 456 g/mol. The second kappa shape index (κ2) is 10.5. The first-order chi connectivity index (χ1) is 14.0. The Morgan fingerprint density at radius 1 is 1.34 bits per heavy atom. The molecule has 1 heterocycles. The van der Waals surface area contributed by atoms with Crippen molar-refractivity contribution in [3.05, 3.63) is 33.1 Å². The molecule has 6 nitrogen and oxygen atoms in total. The van der Waals surface area contributed by atoms with Gasteiger partial charge in [0.25, 0.3) is 5.91 Å². The van der Waals surface area contributed by atoms with Gasteiger partial charge in [-0.25, -0.2) is 0 Å². The number of carbonyl (C=O) groups excluding carboxylic acids is 2. The maximum absolute atomic E-state index is 13.3. The van der Waals surface area contributed by atoms with Crippen LogP contribution in [0.25, 0.3) is 6.08 Å². The zero-order valence-corrected chi connectivity index (χ0v) is 19.2. The Hall–Kier alpha value is -1.51. The maximum atomic E-state index is 13.3. The molecule has 1 N–H and O–H groups in total. The molecule has 2 aliphatic rings. The van der Waals surface area contributed by atoms with Crippen LogP contribution in [0.5, 0.6) is 5.75 Å². The quantitative estimate of drug-likeness (QED) is 0.476. The molecule has 2 fully saturated rings. The van der Waals surface area contributed by atoms with Crippen LogP contribution < -0.4 is 10.1 Å². The minimum absolute atomic E-state index is 0.0630. The van der Waals surface area contributed by atoms with E-state index in [0.717, 1.165) is 41.5 Å². The number of hydrogen-bond acceptors (Lipinski definition) is 5. The summed E-state index contributed by atoms with van der Waals surface area (Å²) in [7, 11) is 3.22. The molecule has 1 aromatic carbocycles. The van der Waals surface area contributed by atoms with Gasteiger partial charge in [-0.05, 0) is 52.5 Å². The van der Waals surface area contributed by atoms with Gasteiger partial charge in [-0.15, -0.1) is 11.8 Å². The molecule has 1 saturated heterocycles. The van der Waals surface area contributed by atoms with Crippen LogP contribution in [-0.4, -0.2) is 61.9 Å². The van der Waals surface area contributed by atoms with Gasteiger partial charge in [-0.3, -0.25) is 9.59 Å². The van der Waals surface area contributed by atoms with Crippen molar-refractivity contribution < 1.29 is 19.1 Å². The fourth-order valence-corrected chi connectivity index (χ4v) is 5.82. The Labute approximate surface area is 184 Å². The summed E-state index contributed by atoms with van der Waals surface area (Å²) in [5.74, 6) is 0.543. The molecule has 158 valence electrons. The van der Waals surface area contributed by atoms with E-state index in [0.29, 0.717) is 23.3 Å². The Balaban J connectivity index is 1.80. The largest absolute Gasteiger partial charge is 0.496 e. The molecule has 0 bridgehead atoms. The monoisotopic (exact) mass is 482 g/mol. The molecule has 1 aromatic rings. The molecule has 1 aliphatic heterocycles. The van der Waals surface area contributed by atoms with E-state index in [1.807, 2.05) is 24.3 Å². The van der Waals surface area contributed by atoms with E-state index < -0.39 is 0 Å². The number of nitrogens with zero attached hydrogens (tertiary/aromatic N) is 1. The van der Waals surface area contributed by atoms with Crippen LogP contribution in [0.4, 0.5) is 0 Å². The number of hydrogen-bond donors (Lipinski definition) is 1.